The number of hydrogen-bond donors (Lipinski definition) is 1. The summed E-state index contributed by atoms with van der Waals surface area (Å²) in [5.74, 6) is -0.277. The Morgan fingerprint density at radius 3 is 2.65 bits per heavy atom. The van der Waals surface area contributed by atoms with Crippen LogP contribution >= 0.6 is 0 Å². The number of nitrogens with two attached hydrogens (primary N) is 1. The molecule has 5 heteroatoms. The van der Waals surface area contributed by atoms with Crippen LogP contribution in [0.1, 0.15) is 17.2 Å². The van der Waals surface area contributed by atoms with Crippen LogP contribution in [0.3, 0.4) is 0 Å². The van der Waals surface area contributed by atoms with Crippen LogP contribution in [0.25, 0.3) is 0 Å². The molecule has 2 aromatic rings. The summed E-state index contributed by atoms with van der Waals surface area (Å²) in [5.41, 5.74) is 6.98. The normalized spacial score (nSPS) is 12.2. The quantitative estimate of drug-likeness (QED) is 0.876. The number of aromatic nitrogens is 2. The second-order valence-electron chi connectivity index (χ2n) is 3.51. The number of hydrogen-bond acceptors (Lipinski definition) is 4. The molecule has 0 fully saturated rings. The van der Waals surface area contributed by atoms with E-state index in [4.69, 9.17) is 10.5 Å². The van der Waals surface area contributed by atoms with E-state index in [0.29, 0.717) is 11.1 Å². The zero-order chi connectivity index (χ0) is 12.3. The summed E-state index contributed by atoms with van der Waals surface area (Å²) in [4.78, 5) is 7.72. The Kier molecular flexibility index (Phi) is 3.30. The van der Waals surface area contributed by atoms with E-state index in [0.717, 1.165) is 0 Å². The van der Waals surface area contributed by atoms with Gasteiger partial charge in [0.25, 0.3) is 0 Å². The fraction of sp³-hybridized carbons (Fsp3) is 0.167. The Morgan fingerprint density at radius 1 is 1.29 bits per heavy atom. The number of nitrogens with zero attached hydrogens (tertiary/aromatic N) is 2. The summed E-state index contributed by atoms with van der Waals surface area (Å²) < 4.78 is 18.9. The second-order valence-corrected chi connectivity index (χ2v) is 3.51. The van der Waals surface area contributed by atoms with Crippen molar-refractivity contribution in [3.63, 3.8) is 0 Å². The number of methoxy groups -OCH3 is 1. The van der Waals surface area contributed by atoms with E-state index in [1.165, 1.54) is 13.4 Å². The molecule has 0 radical (unpaired) electrons. The van der Waals surface area contributed by atoms with E-state index in [1.54, 1.807) is 30.6 Å². The summed E-state index contributed by atoms with van der Waals surface area (Å²) >= 11 is 0. The molecular formula is C12H12FN3O. The van der Waals surface area contributed by atoms with Crippen molar-refractivity contribution in [2.75, 3.05) is 7.11 Å². The van der Waals surface area contributed by atoms with Crippen LogP contribution in [-0.2, 0) is 0 Å². The van der Waals surface area contributed by atoms with Crippen molar-refractivity contribution in [1.82, 2.24) is 9.97 Å². The molecule has 0 aliphatic carbocycles. The Bertz CT molecular complexity index is 504. The highest BCUT2D eigenvalue weighted by molar-refractivity contribution is 5.36. The number of ether oxygens (including phenoxy) is 1. The maximum Gasteiger partial charge on any atom is 0.170 e. The first-order valence-corrected chi connectivity index (χ1v) is 5.07. The average Bonchev–Trinajstić information content (AvgIpc) is 2.39. The molecular weight excluding hydrogens is 221 g/mol. The van der Waals surface area contributed by atoms with Crippen LogP contribution < -0.4 is 10.5 Å². The van der Waals surface area contributed by atoms with Gasteiger partial charge in [0.15, 0.2) is 11.6 Å². The third-order valence-corrected chi connectivity index (χ3v) is 2.49. The third-order valence-electron chi connectivity index (χ3n) is 2.49. The highest BCUT2D eigenvalue weighted by Gasteiger charge is 2.16. The van der Waals surface area contributed by atoms with Crippen molar-refractivity contribution < 1.29 is 9.13 Å². The molecule has 0 bridgehead atoms. The highest BCUT2D eigenvalue weighted by atomic mass is 19.1. The van der Waals surface area contributed by atoms with E-state index in [9.17, 15) is 4.39 Å². The fourth-order valence-electron chi connectivity index (χ4n) is 1.58. The molecule has 1 atom stereocenters. The van der Waals surface area contributed by atoms with Gasteiger partial charge in [-0.15, -0.1) is 0 Å². The van der Waals surface area contributed by atoms with Gasteiger partial charge in [-0.1, -0.05) is 12.1 Å². The molecule has 1 heterocycles. The molecule has 0 aliphatic rings. The zero-order valence-corrected chi connectivity index (χ0v) is 9.30. The molecule has 0 amide bonds. The fourth-order valence-corrected chi connectivity index (χ4v) is 1.58. The van der Waals surface area contributed by atoms with Crippen molar-refractivity contribution in [3.05, 3.63) is 53.9 Å². The van der Waals surface area contributed by atoms with Gasteiger partial charge in [0, 0.05) is 23.5 Å². The van der Waals surface area contributed by atoms with Crippen molar-refractivity contribution in [2.45, 2.75) is 6.04 Å². The van der Waals surface area contributed by atoms with E-state index in [2.05, 4.69) is 9.97 Å². The van der Waals surface area contributed by atoms with Gasteiger partial charge in [-0.3, -0.25) is 0 Å². The average molecular weight is 233 g/mol. The molecule has 0 saturated heterocycles. The smallest absolute Gasteiger partial charge is 0.170 e. The lowest BCUT2D eigenvalue weighted by Gasteiger charge is -2.14. The van der Waals surface area contributed by atoms with E-state index < -0.39 is 11.9 Å². The monoisotopic (exact) mass is 233 g/mol. The van der Waals surface area contributed by atoms with Gasteiger partial charge in [0.1, 0.15) is 6.33 Å². The Morgan fingerprint density at radius 2 is 2.00 bits per heavy atom. The summed E-state index contributed by atoms with van der Waals surface area (Å²) in [6, 6.07) is 4.26. The van der Waals surface area contributed by atoms with Crippen LogP contribution in [0.15, 0.2) is 36.9 Å². The van der Waals surface area contributed by atoms with E-state index in [1.807, 2.05) is 0 Å². The van der Waals surface area contributed by atoms with Crippen LogP contribution in [0, 0.1) is 5.82 Å². The molecule has 1 unspecified atom stereocenters. The molecule has 0 spiro atoms. The lowest BCUT2D eigenvalue weighted by molar-refractivity contribution is 0.383. The Hall–Kier alpha value is -2.01. The summed E-state index contributed by atoms with van der Waals surface area (Å²) in [5, 5.41) is 0. The number of benzene rings is 1. The zero-order valence-electron chi connectivity index (χ0n) is 9.30. The summed E-state index contributed by atoms with van der Waals surface area (Å²) in [6.07, 6.45) is 4.53. The molecule has 17 heavy (non-hydrogen) atoms. The van der Waals surface area contributed by atoms with Crippen molar-refractivity contribution in [2.24, 2.45) is 5.73 Å². The first-order chi connectivity index (χ1) is 8.24. The standard InChI is InChI=1S/C12H12FN3O/c1-17-10-4-2-3-9(11(10)13)12(14)8-5-15-7-16-6-8/h2-7,12H,14H2,1H3. The van der Waals surface area contributed by atoms with Crippen LogP contribution in [0.4, 0.5) is 4.39 Å². The molecule has 0 saturated carbocycles. The topological polar surface area (TPSA) is 61.0 Å². The van der Waals surface area contributed by atoms with Gasteiger partial charge in [-0.25, -0.2) is 14.4 Å². The van der Waals surface area contributed by atoms with Gasteiger partial charge in [-0.05, 0) is 6.07 Å². The van der Waals surface area contributed by atoms with E-state index >= 15 is 0 Å². The molecule has 1 aromatic heterocycles. The summed E-state index contributed by atoms with van der Waals surface area (Å²) in [6.45, 7) is 0. The first-order valence-electron chi connectivity index (χ1n) is 5.07. The van der Waals surface area contributed by atoms with Crippen molar-refractivity contribution >= 4 is 0 Å². The Balaban J connectivity index is 2.41. The maximum absolute atomic E-state index is 14.0. The minimum atomic E-state index is -0.605. The van der Waals surface area contributed by atoms with Gasteiger partial charge < -0.3 is 10.5 Å². The highest BCUT2D eigenvalue weighted by Crippen LogP contribution is 2.26. The predicted molar refractivity (Wildman–Crippen MR) is 61.0 cm³/mol. The van der Waals surface area contributed by atoms with Gasteiger partial charge >= 0.3 is 0 Å². The maximum atomic E-state index is 14.0. The minimum Gasteiger partial charge on any atom is -0.494 e. The van der Waals surface area contributed by atoms with Gasteiger partial charge in [0.05, 0.1) is 13.2 Å². The molecule has 0 aliphatic heterocycles. The Labute approximate surface area is 98.3 Å². The lowest BCUT2D eigenvalue weighted by Crippen LogP contribution is -2.14. The van der Waals surface area contributed by atoms with Crippen LogP contribution in [-0.4, -0.2) is 17.1 Å². The van der Waals surface area contributed by atoms with Gasteiger partial charge in [-0.2, -0.15) is 0 Å². The number of rotatable bonds is 3. The van der Waals surface area contributed by atoms with Gasteiger partial charge in [0.2, 0.25) is 0 Å². The minimum absolute atomic E-state index is 0.176. The predicted octanol–water partition coefficient (Wildman–Crippen LogP) is 1.67. The lowest BCUT2D eigenvalue weighted by atomic mass is 10.0. The second kappa shape index (κ2) is 4.88. The molecule has 4 nitrogen and oxygen atoms in total. The first kappa shape index (κ1) is 11.5. The van der Waals surface area contributed by atoms with Crippen LogP contribution in [0.5, 0.6) is 5.75 Å². The summed E-state index contributed by atoms with van der Waals surface area (Å²) in [7, 11) is 1.42. The largest absolute Gasteiger partial charge is 0.494 e. The molecule has 88 valence electrons. The SMILES string of the molecule is COc1cccc(C(N)c2cncnc2)c1F. The van der Waals surface area contributed by atoms with Crippen LogP contribution in [0.2, 0.25) is 0 Å². The van der Waals surface area contributed by atoms with Crippen molar-refractivity contribution in [3.8, 4) is 5.75 Å². The van der Waals surface area contributed by atoms with Crippen molar-refractivity contribution in [1.29, 1.82) is 0 Å². The number of halogens is 1. The molecule has 2 rings (SSSR count). The molecule has 2 N–H and O–H groups in total. The van der Waals surface area contributed by atoms with E-state index in [-0.39, 0.29) is 5.75 Å². The molecule has 1 aromatic carbocycles. The third kappa shape index (κ3) is 2.24.